The van der Waals surface area contributed by atoms with E-state index in [4.69, 9.17) is 5.73 Å². The van der Waals surface area contributed by atoms with Gasteiger partial charge in [-0.3, -0.25) is 9.59 Å². The molecular weight excluding hydrogens is 290 g/mol. The van der Waals surface area contributed by atoms with Gasteiger partial charge in [0.15, 0.2) is 0 Å². The normalized spacial score (nSPS) is 20.6. The monoisotopic (exact) mass is 317 g/mol. The summed E-state index contributed by atoms with van der Waals surface area (Å²) < 4.78 is 0. The van der Waals surface area contributed by atoms with Crippen molar-refractivity contribution in [1.82, 2.24) is 5.32 Å². The first-order chi connectivity index (χ1) is 10.9. The van der Waals surface area contributed by atoms with Gasteiger partial charge in [-0.05, 0) is 69.8 Å². The smallest absolute Gasteiger partial charge is 0.251 e. The number of rotatable bonds is 5. The summed E-state index contributed by atoms with van der Waals surface area (Å²) in [7, 11) is 0. The van der Waals surface area contributed by atoms with Gasteiger partial charge in [-0.15, -0.1) is 0 Å². The van der Waals surface area contributed by atoms with Crippen molar-refractivity contribution >= 4 is 17.5 Å². The third kappa shape index (κ3) is 4.32. The average Bonchev–Trinajstić information content (AvgIpc) is 2.95. The van der Waals surface area contributed by atoms with Crippen molar-refractivity contribution in [3.05, 3.63) is 29.3 Å². The standard InChI is InChI=1S/C18H27N3O2/c1-11(2)20-17(22)15-8-7-14(9-12(15)3)21-18(23)16-6-4-5-13(16)10-19/h7-9,11,13,16H,4-6,10,19H2,1-3H3,(H,20,22)(H,21,23)/t13-,16-/m1/s1. The molecule has 2 amide bonds. The van der Waals surface area contributed by atoms with E-state index in [1.54, 1.807) is 12.1 Å². The van der Waals surface area contributed by atoms with Crippen molar-refractivity contribution in [2.45, 2.75) is 46.1 Å². The molecule has 0 aliphatic heterocycles. The molecule has 23 heavy (non-hydrogen) atoms. The fourth-order valence-corrected chi connectivity index (χ4v) is 3.24. The topological polar surface area (TPSA) is 84.2 Å². The molecule has 1 fully saturated rings. The zero-order valence-corrected chi connectivity index (χ0v) is 14.2. The van der Waals surface area contributed by atoms with Gasteiger partial charge in [-0.1, -0.05) is 6.42 Å². The Morgan fingerprint density at radius 1 is 1.30 bits per heavy atom. The minimum atomic E-state index is -0.0886. The van der Waals surface area contributed by atoms with Crippen molar-refractivity contribution < 1.29 is 9.59 Å². The van der Waals surface area contributed by atoms with E-state index in [9.17, 15) is 9.59 Å². The Balaban J connectivity index is 2.05. The number of benzene rings is 1. The van der Waals surface area contributed by atoms with E-state index < -0.39 is 0 Å². The molecule has 1 aliphatic rings. The molecule has 1 saturated carbocycles. The van der Waals surface area contributed by atoms with Crippen LogP contribution in [0.1, 0.15) is 49.0 Å². The molecule has 0 radical (unpaired) electrons. The van der Waals surface area contributed by atoms with Gasteiger partial charge in [0, 0.05) is 23.2 Å². The molecule has 0 heterocycles. The van der Waals surface area contributed by atoms with Crippen LogP contribution in [0.15, 0.2) is 18.2 Å². The maximum atomic E-state index is 12.4. The fraction of sp³-hybridized carbons (Fsp3) is 0.556. The summed E-state index contributed by atoms with van der Waals surface area (Å²) in [6.07, 6.45) is 3.00. The number of hydrogen-bond donors (Lipinski definition) is 3. The zero-order chi connectivity index (χ0) is 17.0. The molecule has 1 aliphatic carbocycles. The van der Waals surface area contributed by atoms with Gasteiger partial charge in [0.25, 0.3) is 5.91 Å². The first-order valence-electron chi connectivity index (χ1n) is 8.34. The highest BCUT2D eigenvalue weighted by Gasteiger charge is 2.31. The summed E-state index contributed by atoms with van der Waals surface area (Å²) in [6.45, 7) is 6.29. The maximum Gasteiger partial charge on any atom is 0.251 e. The Hall–Kier alpha value is -1.88. The van der Waals surface area contributed by atoms with Crippen LogP contribution in [-0.4, -0.2) is 24.4 Å². The highest BCUT2D eigenvalue weighted by molar-refractivity contribution is 5.97. The fourth-order valence-electron chi connectivity index (χ4n) is 3.24. The Morgan fingerprint density at radius 2 is 2.04 bits per heavy atom. The first-order valence-corrected chi connectivity index (χ1v) is 8.34. The highest BCUT2D eigenvalue weighted by atomic mass is 16.2. The summed E-state index contributed by atoms with van der Waals surface area (Å²) in [5.41, 5.74) is 7.97. The van der Waals surface area contributed by atoms with Crippen molar-refractivity contribution in [2.24, 2.45) is 17.6 Å². The summed E-state index contributed by atoms with van der Waals surface area (Å²) in [5, 5.41) is 5.85. The zero-order valence-electron chi connectivity index (χ0n) is 14.2. The van der Waals surface area contributed by atoms with Crippen LogP contribution in [-0.2, 0) is 4.79 Å². The lowest BCUT2D eigenvalue weighted by atomic mass is 9.95. The van der Waals surface area contributed by atoms with Gasteiger partial charge in [-0.2, -0.15) is 0 Å². The molecule has 0 saturated heterocycles. The minimum Gasteiger partial charge on any atom is -0.350 e. The van der Waals surface area contributed by atoms with Gasteiger partial charge in [0.2, 0.25) is 5.91 Å². The molecule has 4 N–H and O–H groups in total. The molecule has 1 aromatic carbocycles. The van der Waals surface area contributed by atoms with E-state index in [1.165, 1.54) is 0 Å². The van der Waals surface area contributed by atoms with Crippen LogP contribution < -0.4 is 16.4 Å². The van der Waals surface area contributed by atoms with E-state index in [1.807, 2.05) is 26.8 Å². The summed E-state index contributed by atoms with van der Waals surface area (Å²) >= 11 is 0. The van der Waals surface area contributed by atoms with Crippen LogP contribution in [0.25, 0.3) is 0 Å². The van der Waals surface area contributed by atoms with E-state index in [0.717, 1.165) is 30.5 Å². The number of amides is 2. The van der Waals surface area contributed by atoms with Crippen LogP contribution in [0.3, 0.4) is 0 Å². The predicted octanol–water partition coefficient (Wildman–Crippen LogP) is 2.45. The lowest BCUT2D eigenvalue weighted by Crippen LogP contribution is -2.31. The number of nitrogens with one attached hydrogen (secondary N) is 2. The Kier molecular flexibility index (Phi) is 5.77. The SMILES string of the molecule is Cc1cc(NC(=O)[C@@H]2CCC[C@@H]2CN)ccc1C(=O)NC(C)C. The average molecular weight is 317 g/mol. The lowest BCUT2D eigenvalue weighted by Gasteiger charge is -2.18. The second kappa shape index (κ2) is 7.59. The third-order valence-corrected chi connectivity index (χ3v) is 4.46. The molecule has 0 aromatic heterocycles. The van der Waals surface area contributed by atoms with Gasteiger partial charge in [-0.25, -0.2) is 0 Å². The van der Waals surface area contributed by atoms with Crippen molar-refractivity contribution in [1.29, 1.82) is 0 Å². The Bertz CT molecular complexity index is 584. The summed E-state index contributed by atoms with van der Waals surface area (Å²) in [4.78, 5) is 24.5. The van der Waals surface area contributed by atoms with Crippen LogP contribution in [0.4, 0.5) is 5.69 Å². The number of aryl methyl sites for hydroxylation is 1. The Labute approximate surface area is 138 Å². The number of nitrogens with two attached hydrogens (primary N) is 1. The molecule has 0 bridgehead atoms. The molecule has 2 rings (SSSR count). The molecule has 1 aromatic rings. The number of carbonyl (C=O) groups is 2. The number of carbonyl (C=O) groups excluding carboxylic acids is 2. The summed E-state index contributed by atoms with van der Waals surface area (Å²) in [5.74, 6) is 0.238. The molecule has 126 valence electrons. The second-order valence-electron chi connectivity index (χ2n) is 6.68. The maximum absolute atomic E-state index is 12.4. The first kappa shape index (κ1) is 17.5. The molecule has 5 heteroatoms. The van der Waals surface area contributed by atoms with E-state index in [2.05, 4.69) is 10.6 Å². The quantitative estimate of drug-likeness (QED) is 0.780. The van der Waals surface area contributed by atoms with E-state index in [-0.39, 0.29) is 29.7 Å². The second-order valence-corrected chi connectivity index (χ2v) is 6.68. The summed E-state index contributed by atoms with van der Waals surface area (Å²) in [6, 6.07) is 5.49. The van der Waals surface area contributed by atoms with E-state index in [0.29, 0.717) is 12.1 Å². The van der Waals surface area contributed by atoms with E-state index >= 15 is 0 Å². The van der Waals surface area contributed by atoms with Crippen molar-refractivity contribution in [3.63, 3.8) is 0 Å². The van der Waals surface area contributed by atoms with Crippen molar-refractivity contribution in [2.75, 3.05) is 11.9 Å². The molecule has 2 atom stereocenters. The van der Waals surface area contributed by atoms with Crippen molar-refractivity contribution in [3.8, 4) is 0 Å². The van der Waals surface area contributed by atoms with Crippen LogP contribution >= 0.6 is 0 Å². The van der Waals surface area contributed by atoms with Crippen LogP contribution in [0.5, 0.6) is 0 Å². The van der Waals surface area contributed by atoms with Gasteiger partial charge in [0.1, 0.15) is 0 Å². The largest absolute Gasteiger partial charge is 0.350 e. The van der Waals surface area contributed by atoms with Crippen LogP contribution in [0.2, 0.25) is 0 Å². The van der Waals surface area contributed by atoms with Gasteiger partial charge < -0.3 is 16.4 Å². The van der Waals surface area contributed by atoms with Crippen LogP contribution in [0, 0.1) is 18.8 Å². The predicted molar refractivity (Wildman–Crippen MR) is 92.3 cm³/mol. The molecule has 0 unspecified atom stereocenters. The van der Waals surface area contributed by atoms with Gasteiger partial charge >= 0.3 is 0 Å². The molecular formula is C18H27N3O2. The third-order valence-electron chi connectivity index (χ3n) is 4.46. The number of anilines is 1. The lowest BCUT2D eigenvalue weighted by molar-refractivity contribution is -0.120. The molecule has 5 nitrogen and oxygen atoms in total. The molecule has 0 spiro atoms. The highest BCUT2D eigenvalue weighted by Crippen LogP contribution is 2.32. The minimum absolute atomic E-state index is 0.00391. The van der Waals surface area contributed by atoms with Gasteiger partial charge in [0.05, 0.1) is 0 Å². The Morgan fingerprint density at radius 3 is 2.65 bits per heavy atom. The number of hydrogen-bond acceptors (Lipinski definition) is 3.